The number of hydrogen-bond donors (Lipinski definition) is 1. The molecule has 5 heteroatoms. The highest BCUT2D eigenvalue weighted by molar-refractivity contribution is 6.31. The predicted molar refractivity (Wildman–Crippen MR) is 68.9 cm³/mol. The first-order valence-electron chi connectivity index (χ1n) is 5.52. The van der Waals surface area contributed by atoms with Crippen molar-refractivity contribution in [2.24, 2.45) is 11.1 Å². The van der Waals surface area contributed by atoms with Crippen LogP contribution >= 0.6 is 11.6 Å². The largest absolute Gasteiger partial charge is 0.469 e. The fourth-order valence-corrected chi connectivity index (χ4v) is 1.98. The lowest BCUT2D eigenvalue weighted by molar-refractivity contribution is -0.152. The highest BCUT2D eigenvalue weighted by Crippen LogP contribution is 2.37. The third-order valence-corrected chi connectivity index (χ3v) is 3.45. The molecule has 0 spiro atoms. The zero-order chi connectivity index (χ0) is 14.1. The summed E-state index contributed by atoms with van der Waals surface area (Å²) in [5.41, 5.74) is 5.51. The molecule has 0 saturated heterocycles. The first-order valence-corrected chi connectivity index (χ1v) is 5.89. The zero-order valence-corrected chi connectivity index (χ0v) is 11.6. The summed E-state index contributed by atoms with van der Waals surface area (Å²) < 4.78 is 18.8. The maximum Gasteiger partial charge on any atom is 0.313 e. The number of aryl methyl sites for hydroxylation is 1. The van der Waals surface area contributed by atoms with Crippen molar-refractivity contribution < 1.29 is 13.9 Å². The molecule has 18 heavy (non-hydrogen) atoms. The summed E-state index contributed by atoms with van der Waals surface area (Å²) in [6, 6.07) is 2.26. The van der Waals surface area contributed by atoms with Gasteiger partial charge in [-0.2, -0.15) is 0 Å². The fraction of sp³-hybridized carbons (Fsp3) is 0.462. The molecule has 0 aromatic heterocycles. The van der Waals surface area contributed by atoms with Crippen molar-refractivity contribution >= 4 is 17.6 Å². The van der Waals surface area contributed by atoms with Gasteiger partial charge in [0.05, 0.1) is 12.5 Å². The van der Waals surface area contributed by atoms with E-state index >= 15 is 0 Å². The van der Waals surface area contributed by atoms with Gasteiger partial charge in [-0.1, -0.05) is 17.7 Å². The van der Waals surface area contributed by atoms with Crippen molar-refractivity contribution in [1.29, 1.82) is 0 Å². The average Bonchev–Trinajstić information content (AvgIpc) is 2.33. The van der Waals surface area contributed by atoms with Gasteiger partial charge in [-0.15, -0.1) is 0 Å². The Hall–Kier alpha value is -1.13. The van der Waals surface area contributed by atoms with E-state index in [0.717, 1.165) is 0 Å². The van der Waals surface area contributed by atoms with Gasteiger partial charge >= 0.3 is 5.97 Å². The molecule has 0 aliphatic carbocycles. The SMILES string of the molecule is COC(=O)C(C)(C)[C@H](N)c1c(Cl)ccc(C)c1F. The van der Waals surface area contributed by atoms with Crippen LogP contribution in [0.2, 0.25) is 5.02 Å². The molecule has 0 heterocycles. The van der Waals surface area contributed by atoms with E-state index in [4.69, 9.17) is 17.3 Å². The molecule has 0 radical (unpaired) electrons. The number of ether oxygens (including phenoxy) is 1. The Bertz CT molecular complexity index is 474. The number of esters is 1. The molecule has 0 fully saturated rings. The van der Waals surface area contributed by atoms with Crippen molar-refractivity contribution in [3.8, 4) is 0 Å². The molecule has 0 amide bonds. The highest BCUT2D eigenvalue weighted by Gasteiger charge is 2.39. The van der Waals surface area contributed by atoms with Gasteiger partial charge in [0, 0.05) is 16.6 Å². The Labute approximate surface area is 111 Å². The molecular weight excluding hydrogens is 257 g/mol. The molecule has 1 rings (SSSR count). The fourth-order valence-electron chi connectivity index (χ4n) is 1.71. The van der Waals surface area contributed by atoms with Crippen molar-refractivity contribution in [1.82, 2.24) is 0 Å². The van der Waals surface area contributed by atoms with Crippen LogP contribution in [0.5, 0.6) is 0 Å². The Morgan fingerprint density at radius 1 is 1.50 bits per heavy atom. The second-order valence-electron chi connectivity index (χ2n) is 4.78. The Morgan fingerprint density at radius 2 is 2.06 bits per heavy atom. The van der Waals surface area contributed by atoms with Gasteiger partial charge in [0.2, 0.25) is 0 Å². The monoisotopic (exact) mass is 273 g/mol. The summed E-state index contributed by atoms with van der Waals surface area (Å²) >= 11 is 5.98. The van der Waals surface area contributed by atoms with E-state index in [9.17, 15) is 9.18 Å². The Balaban J connectivity index is 3.31. The molecule has 0 aliphatic heterocycles. The van der Waals surface area contributed by atoms with E-state index in [0.29, 0.717) is 5.56 Å². The summed E-state index contributed by atoms with van der Waals surface area (Å²) in [7, 11) is 1.27. The lowest BCUT2D eigenvalue weighted by Crippen LogP contribution is -2.38. The van der Waals surface area contributed by atoms with E-state index in [2.05, 4.69) is 4.74 Å². The molecule has 100 valence electrons. The number of benzene rings is 1. The topological polar surface area (TPSA) is 52.3 Å². The summed E-state index contributed by atoms with van der Waals surface area (Å²) in [6.45, 7) is 4.82. The highest BCUT2D eigenvalue weighted by atomic mass is 35.5. The molecule has 0 saturated carbocycles. The van der Waals surface area contributed by atoms with Crippen molar-refractivity contribution in [3.63, 3.8) is 0 Å². The van der Waals surface area contributed by atoms with Crippen LogP contribution in [0.1, 0.15) is 31.0 Å². The van der Waals surface area contributed by atoms with Gasteiger partial charge in [0.1, 0.15) is 5.82 Å². The Kier molecular flexibility index (Phi) is 4.35. The first kappa shape index (κ1) is 14.9. The van der Waals surface area contributed by atoms with E-state index in [1.807, 2.05) is 0 Å². The molecule has 0 bridgehead atoms. The minimum Gasteiger partial charge on any atom is -0.469 e. The second-order valence-corrected chi connectivity index (χ2v) is 5.19. The molecule has 1 atom stereocenters. The number of methoxy groups -OCH3 is 1. The van der Waals surface area contributed by atoms with E-state index in [-0.39, 0.29) is 10.6 Å². The minimum absolute atomic E-state index is 0.145. The lowest BCUT2D eigenvalue weighted by atomic mass is 9.80. The van der Waals surface area contributed by atoms with E-state index in [1.165, 1.54) is 7.11 Å². The van der Waals surface area contributed by atoms with Crippen LogP contribution in [0.3, 0.4) is 0 Å². The first-order chi connectivity index (χ1) is 8.23. The maximum absolute atomic E-state index is 14.1. The van der Waals surface area contributed by atoms with Crippen molar-refractivity contribution in [3.05, 3.63) is 34.1 Å². The molecule has 0 unspecified atom stereocenters. The van der Waals surface area contributed by atoms with Gasteiger partial charge in [-0.25, -0.2) is 4.39 Å². The van der Waals surface area contributed by atoms with E-state index < -0.39 is 23.2 Å². The number of hydrogen-bond acceptors (Lipinski definition) is 3. The standard InChI is InChI=1S/C13H17ClFNO2/c1-7-5-6-8(14)9(10(7)15)11(16)13(2,3)12(17)18-4/h5-6,11H,16H2,1-4H3/t11-/m1/s1. The van der Waals surface area contributed by atoms with Crippen LogP contribution in [-0.4, -0.2) is 13.1 Å². The minimum atomic E-state index is -1.06. The quantitative estimate of drug-likeness (QED) is 0.862. The average molecular weight is 274 g/mol. The smallest absolute Gasteiger partial charge is 0.313 e. The lowest BCUT2D eigenvalue weighted by Gasteiger charge is -2.30. The van der Waals surface area contributed by atoms with Gasteiger partial charge in [-0.3, -0.25) is 4.79 Å². The molecule has 1 aromatic carbocycles. The number of nitrogens with two attached hydrogens (primary N) is 1. The second kappa shape index (κ2) is 5.24. The van der Waals surface area contributed by atoms with Crippen LogP contribution in [0.4, 0.5) is 4.39 Å². The summed E-state index contributed by atoms with van der Waals surface area (Å²) in [5.74, 6) is -0.987. The predicted octanol–water partition coefficient (Wildman–Crippen LogP) is 2.99. The van der Waals surface area contributed by atoms with Crippen molar-refractivity contribution in [2.75, 3.05) is 7.11 Å². The Morgan fingerprint density at radius 3 is 2.56 bits per heavy atom. The molecule has 2 N–H and O–H groups in total. The number of carbonyl (C=O) groups is 1. The van der Waals surface area contributed by atoms with Crippen LogP contribution < -0.4 is 5.73 Å². The van der Waals surface area contributed by atoms with Crippen LogP contribution in [-0.2, 0) is 9.53 Å². The van der Waals surface area contributed by atoms with Crippen molar-refractivity contribution in [2.45, 2.75) is 26.8 Å². The third-order valence-electron chi connectivity index (χ3n) is 3.12. The third kappa shape index (κ3) is 2.49. The summed E-state index contributed by atoms with van der Waals surface area (Å²) in [6.07, 6.45) is 0. The van der Waals surface area contributed by atoms with Crippen LogP contribution in [0, 0.1) is 18.2 Å². The van der Waals surface area contributed by atoms with Gasteiger partial charge in [0.25, 0.3) is 0 Å². The number of rotatable bonds is 3. The van der Waals surface area contributed by atoms with Gasteiger partial charge in [-0.05, 0) is 32.4 Å². The van der Waals surface area contributed by atoms with Crippen LogP contribution in [0.15, 0.2) is 12.1 Å². The van der Waals surface area contributed by atoms with E-state index in [1.54, 1.807) is 32.9 Å². The summed E-state index contributed by atoms with van der Waals surface area (Å²) in [5, 5.41) is 0.211. The molecular formula is C13H17ClFNO2. The summed E-state index contributed by atoms with van der Waals surface area (Å²) in [4.78, 5) is 11.7. The normalized spacial score (nSPS) is 13.3. The zero-order valence-electron chi connectivity index (χ0n) is 10.9. The number of halogens is 2. The molecule has 3 nitrogen and oxygen atoms in total. The van der Waals surface area contributed by atoms with Gasteiger partial charge < -0.3 is 10.5 Å². The van der Waals surface area contributed by atoms with Gasteiger partial charge in [0.15, 0.2) is 0 Å². The van der Waals surface area contributed by atoms with Crippen LogP contribution in [0.25, 0.3) is 0 Å². The molecule has 0 aliphatic rings. The number of carbonyl (C=O) groups excluding carboxylic acids is 1. The maximum atomic E-state index is 14.1. The molecule has 1 aromatic rings.